The molecule has 1 aliphatic heterocycles. The van der Waals surface area contributed by atoms with E-state index in [1.807, 2.05) is 25.9 Å². The molecule has 1 aliphatic carbocycles. The first kappa shape index (κ1) is 14.8. The zero-order valence-electron chi connectivity index (χ0n) is 10.3. The van der Waals surface area contributed by atoms with E-state index in [0.717, 1.165) is 32.4 Å². The maximum absolute atomic E-state index is 11.5. The van der Waals surface area contributed by atoms with E-state index in [1.54, 1.807) is 0 Å². The van der Waals surface area contributed by atoms with E-state index in [1.165, 1.54) is 6.42 Å². The topological polar surface area (TPSA) is 41.3 Å². The second-order valence-corrected chi connectivity index (χ2v) is 3.80. The van der Waals surface area contributed by atoms with Crippen molar-refractivity contribution in [1.29, 1.82) is 0 Å². The maximum atomic E-state index is 11.5. The molecule has 3 nitrogen and oxygen atoms in total. The predicted molar refractivity (Wildman–Crippen MR) is 63.3 cm³/mol. The molecule has 92 valence electrons. The number of hydrogen-bond acceptors (Lipinski definition) is 3. The van der Waals surface area contributed by atoms with Crippen molar-refractivity contribution in [3.8, 4) is 0 Å². The molecule has 0 amide bonds. The van der Waals surface area contributed by atoms with Crippen molar-refractivity contribution in [2.45, 2.75) is 51.7 Å². The molecule has 0 radical (unpaired) electrons. The predicted octanol–water partition coefficient (Wildman–Crippen LogP) is 1.69. The van der Waals surface area contributed by atoms with Gasteiger partial charge in [0.1, 0.15) is 6.17 Å². The number of likely N-dealkylation sites (N-methyl/N-ethyl adjacent to an activating group) is 1. The van der Waals surface area contributed by atoms with Crippen LogP contribution in [0, 0.1) is 0 Å². The molecule has 1 atom stereocenters. The number of nitrogens with two attached hydrogens (primary N) is 1. The van der Waals surface area contributed by atoms with Crippen LogP contribution in [0.15, 0.2) is 0 Å². The van der Waals surface area contributed by atoms with Gasteiger partial charge in [0.05, 0.1) is 0 Å². The molecular formula is C11H26FN3. The SMILES string of the molecule is CC.CNC1CCN(N)C1.FC1CCC1. The molecule has 0 aromatic rings. The summed E-state index contributed by atoms with van der Waals surface area (Å²) in [4.78, 5) is 0. The van der Waals surface area contributed by atoms with Gasteiger partial charge in [-0.2, -0.15) is 0 Å². The quantitative estimate of drug-likeness (QED) is 0.659. The average Bonchev–Trinajstić information content (AvgIpc) is 2.65. The molecule has 0 aromatic heterocycles. The Hall–Kier alpha value is -0.190. The van der Waals surface area contributed by atoms with Crippen molar-refractivity contribution in [3.05, 3.63) is 0 Å². The third-order valence-corrected chi connectivity index (χ3v) is 2.66. The number of hydrogen-bond donors (Lipinski definition) is 2. The molecule has 0 spiro atoms. The van der Waals surface area contributed by atoms with Gasteiger partial charge < -0.3 is 5.32 Å². The monoisotopic (exact) mass is 219 g/mol. The Morgan fingerprint density at radius 1 is 1.27 bits per heavy atom. The molecule has 2 fully saturated rings. The van der Waals surface area contributed by atoms with Crippen LogP contribution in [0.4, 0.5) is 4.39 Å². The number of rotatable bonds is 1. The molecule has 4 heteroatoms. The summed E-state index contributed by atoms with van der Waals surface area (Å²) in [5.41, 5.74) is 0. The molecule has 0 bridgehead atoms. The highest BCUT2D eigenvalue weighted by Crippen LogP contribution is 2.20. The fraction of sp³-hybridized carbons (Fsp3) is 1.00. The lowest BCUT2D eigenvalue weighted by Crippen LogP contribution is -2.33. The van der Waals surface area contributed by atoms with Gasteiger partial charge >= 0.3 is 0 Å². The smallest absolute Gasteiger partial charge is 0.100 e. The first-order valence-electron chi connectivity index (χ1n) is 6.03. The summed E-state index contributed by atoms with van der Waals surface area (Å²) in [5, 5.41) is 5.02. The van der Waals surface area contributed by atoms with Crippen LogP contribution in [-0.4, -0.2) is 37.4 Å². The number of hydrazine groups is 1. The van der Waals surface area contributed by atoms with Gasteiger partial charge in [0.25, 0.3) is 0 Å². The van der Waals surface area contributed by atoms with Gasteiger partial charge in [-0.15, -0.1) is 0 Å². The molecule has 1 saturated heterocycles. The highest BCUT2D eigenvalue weighted by Gasteiger charge is 2.16. The van der Waals surface area contributed by atoms with Crippen LogP contribution in [0.2, 0.25) is 0 Å². The Morgan fingerprint density at radius 3 is 1.93 bits per heavy atom. The first-order chi connectivity index (χ1) is 7.22. The average molecular weight is 219 g/mol. The molecule has 1 saturated carbocycles. The molecule has 1 heterocycles. The Kier molecular flexibility index (Phi) is 8.95. The highest BCUT2D eigenvalue weighted by molar-refractivity contribution is 4.75. The summed E-state index contributed by atoms with van der Waals surface area (Å²) in [5.74, 6) is 5.49. The minimum atomic E-state index is -0.435. The fourth-order valence-electron chi connectivity index (χ4n) is 1.38. The number of nitrogens with one attached hydrogen (secondary N) is 1. The molecule has 2 rings (SSSR count). The van der Waals surface area contributed by atoms with E-state index in [2.05, 4.69) is 5.32 Å². The van der Waals surface area contributed by atoms with Crippen LogP contribution in [0.5, 0.6) is 0 Å². The van der Waals surface area contributed by atoms with Crippen LogP contribution in [0.1, 0.15) is 39.5 Å². The minimum Gasteiger partial charge on any atom is -0.316 e. The van der Waals surface area contributed by atoms with Crippen molar-refractivity contribution in [3.63, 3.8) is 0 Å². The van der Waals surface area contributed by atoms with Gasteiger partial charge in [0.15, 0.2) is 0 Å². The zero-order chi connectivity index (χ0) is 11.7. The maximum Gasteiger partial charge on any atom is 0.100 e. The molecule has 3 N–H and O–H groups in total. The van der Waals surface area contributed by atoms with Crippen molar-refractivity contribution < 1.29 is 4.39 Å². The summed E-state index contributed by atoms with van der Waals surface area (Å²) in [7, 11) is 1.98. The Labute approximate surface area is 93.2 Å². The summed E-state index contributed by atoms with van der Waals surface area (Å²) < 4.78 is 11.5. The Balaban J connectivity index is 0.000000241. The lowest BCUT2D eigenvalue weighted by Gasteiger charge is -2.14. The largest absolute Gasteiger partial charge is 0.316 e. The fourth-order valence-corrected chi connectivity index (χ4v) is 1.38. The Morgan fingerprint density at radius 2 is 1.80 bits per heavy atom. The van der Waals surface area contributed by atoms with Gasteiger partial charge in [-0.1, -0.05) is 13.8 Å². The normalized spacial score (nSPS) is 25.8. The number of nitrogens with zero attached hydrogens (tertiary/aromatic N) is 1. The van der Waals surface area contributed by atoms with Gasteiger partial charge in [0.2, 0.25) is 0 Å². The summed E-state index contributed by atoms with van der Waals surface area (Å²) in [6.45, 7) is 6.03. The van der Waals surface area contributed by atoms with Crippen LogP contribution >= 0.6 is 0 Å². The van der Waals surface area contributed by atoms with Crippen molar-refractivity contribution in [2.24, 2.45) is 5.84 Å². The van der Waals surface area contributed by atoms with Crippen LogP contribution in [0.25, 0.3) is 0 Å². The number of halogens is 1. The van der Waals surface area contributed by atoms with E-state index in [-0.39, 0.29) is 0 Å². The molecule has 15 heavy (non-hydrogen) atoms. The minimum absolute atomic E-state index is 0.435. The van der Waals surface area contributed by atoms with Crippen LogP contribution in [-0.2, 0) is 0 Å². The first-order valence-corrected chi connectivity index (χ1v) is 6.03. The van der Waals surface area contributed by atoms with Crippen LogP contribution < -0.4 is 11.2 Å². The van der Waals surface area contributed by atoms with Crippen molar-refractivity contribution in [1.82, 2.24) is 10.3 Å². The number of alkyl halides is 1. The van der Waals surface area contributed by atoms with Gasteiger partial charge in [0, 0.05) is 19.1 Å². The summed E-state index contributed by atoms with van der Waals surface area (Å²) in [6.07, 6.45) is 3.50. The van der Waals surface area contributed by atoms with E-state index in [4.69, 9.17) is 5.84 Å². The molecule has 1 unspecified atom stereocenters. The van der Waals surface area contributed by atoms with Gasteiger partial charge in [-0.05, 0) is 32.7 Å². The Bertz CT molecular complexity index is 140. The van der Waals surface area contributed by atoms with E-state index in [9.17, 15) is 4.39 Å². The van der Waals surface area contributed by atoms with E-state index in [0.29, 0.717) is 6.04 Å². The standard InChI is InChI=1S/C5H13N3.C4H7F.C2H6/c1-7-5-2-3-8(6)4-5;5-4-2-1-3-4;1-2/h5,7H,2-4,6H2,1H3;4H,1-3H2;1-2H3. The third kappa shape index (κ3) is 6.82. The second kappa shape index (κ2) is 9.07. The van der Waals surface area contributed by atoms with E-state index < -0.39 is 6.17 Å². The van der Waals surface area contributed by atoms with Crippen molar-refractivity contribution in [2.75, 3.05) is 20.1 Å². The molecule has 2 aliphatic rings. The van der Waals surface area contributed by atoms with E-state index >= 15 is 0 Å². The molecule has 0 aromatic carbocycles. The second-order valence-electron chi connectivity index (χ2n) is 3.80. The van der Waals surface area contributed by atoms with Crippen molar-refractivity contribution >= 4 is 0 Å². The summed E-state index contributed by atoms with van der Waals surface area (Å²) >= 11 is 0. The van der Waals surface area contributed by atoms with Crippen LogP contribution in [0.3, 0.4) is 0 Å². The summed E-state index contributed by atoms with van der Waals surface area (Å²) in [6, 6.07) is 0.625. The van der Waals surface area contributed by atoms with Gasteiger partial charge in [-0.25, -0.2) is 9.40 Å². The molecular weight excluding hydrogens is 193 g/mol. The lowest BCUT2D eigenvalue weighted by molar-refractivity contribution is 0.211. The highest BCUT2D eigenvalue weighted by atomic mass is 19.1. The zero-order valence-corrected chi connectivity index (χ0v) is 10.3. The lowest BCUT2D eigenvalue weighted by atomic mass is 9.98. The third-order valence-electron chi connectivity index (χ3n) is 2.66. The van der Waals surface area contributed by atoms with Gasteiger partial charge in [-0.3, -0.25) is 5.84 Å².